The summed E-state index contributed by atoms with van der Waals surface area (Å²) in [5.41, 5.74) is 0. The second-order valence-corrected chi connectivity index (χ2v) is 24.6. The Balaban J connectivity index is 1.92. The Kier molecular flexibility index (Phi) is 58.0. The molecule has 0 saturated carbocycles. The summed E-state index contributed by atoms with van der Waals surface area (Å²) in [7, 11) is 0. The molecule has 7 atom stereocenters. The van der Waals surface area contributed by atoms with Gasteiger partial charge in [-0.1, -0.05) is 294 Å². The van der Waals surface area contributed by atoms with Crippen LogP contribution in [0.5, 0.6) is 0 Å². The van der Waals surface area contributed by atoms with Crippen LogP contribution in [0.3, 0.4) is 0 Å². The quantitative estimate of drug-likeness (QED) is 0.0195. The van der Waals surface area contributed by atoms with E-state index < -0.39 is 49.5 Å². The SMILES string of the molecule is CCCCC/C=C/CC/C=C/C(O)C(COC1OC(CO)C(O)C(O)C1O)NC(=O)CCCCCCCCCCCCCCCCC/C=C\C/C=C\CCCCCCCCCCCOC(=O)CCCCCCCCCCCCCCCCC. The van der Waals surface area contributed by atoms with Crippen molar-refractivity contribution in [3.05, 3.63) is 48.6 Å². The highest BCUT2D eigenvalue weighted by Gasteiger charge is 2.44. The molecule has 0 spiro atoms. The van der Waals surface area contributed by atoms with Crippen molar-refractivity contribution in [1.82, 2.24) is 5.32 Å². The van der Waals surface area contributed by atoms with Crippen LogP contribution in [0.15, 0.2) is 48.6 Å². The summed E-state index contributed by atoms with van der Waals surface area (Å²) in [6.45, 7) is 4.30. The lowest BCUT2D eigenvalue weighted by atomic mass is 9.99. The van der Waals surface area contributed by atoms with Crippen LogP contribution in [0.1, 0.15) is 335 Å². The van der Waals surface area contributed by atoms with E-state index in [0.29, 0.717) is 19.4 Å². The van der Waals surface area contributed by atoms with Crippen molar-refractivity contribution in [3.63, 3.8) is 0 Å². The number of allylic oxidation sites excluding steroid dienone is 7. The van der Waals surface area contributed by atoms with Gasteiger partial charge in [0.1, 0.15) is 24.4 Å². The largest absolute Gasteiger partial charge is 0.466 e. The highest BCUT2D eigenvalue weighted by atomic mass is 16.7. The first-order valence-corrected chi connectivity index (χ1v) is 35.4. The van der Waals surface area contributed by atoms with Crippen LogP contribution in [0, 0.1) is 0 Å². The molecule has 0 aromatic heterocycles. The third-order valence-corrected chi connectivity index (χ3v) is 16.7. The Morgan fingerprint density at radius 2 is 0.819 bits per heavy atom. The highest BCUT2D eigenvalue weighted by molar-refractivity contribution is 5.76. The number of rotatable bonds is 62. The second kappa shape index (κ2) is 61.3. The zero-order valence-electron chi connectivity index (χ0n) is 53.9. The molecule has 11 heteroatoms. The molecule has 11 nitrogen and oxygen atoms in total. The summed E-state index contributed by atoms with van der Waals surface area (Å²) in [5, 5.41) is 54.2. The van der Waals surface area contributed by atoms with Gasteiger partial charge in [0, 0.05) is 12.8 Å². The van der Waals surface area contributed by atoms with Crippen LogP contribution in [-0.2, 0) is 23.8 Å². The first-order valence-electron chi connectivity index (χ1n) is 35.4. The third kappa shape index (κ3) is 50.3. The normalized spacial score (nSPS) is 18.4. The van der Waals surface area contributed by atoms with Gasteiger partial charge in [-0.15, -0.1) is 0 Å². The molecule has 6 N–H and O–H groups in total. The van der Waals surface area contributed by atoms with Crippen molar-refractivity contribution in [3.8, 4) is 0 Å². The van der Waals surface area contributed by atoms with E-state index in [2.05, 4.69) is 55.6 Å². The molecule has 0 bridgehead atoms. The molecule has 1 heterocycles. The molecule has 1 rings (SSSR count). The second-order valence-electron chi connectivity index (χ2n) is 24.6. The number of aliphatic hydroxyl groups is 5. The Bertz CT molecular complexity index is 1520. The Labute approximate surface area is 510 Å². The van der Waals surface area contributed by atoms with Crippen LogP contribution in [0.4, 0.5) is 0 Å². The lowest BCUT2D eigenvalue weighted by Gasteiger charge is -2.40. The number of hydrogen-bond donors (Lipinski definition) is 6. The van der Waals surface area contributed by atoms with Gasteiger partial charge in [-0.05, 0) is 77.0 Å². The minimum Gasteiger partial charge on any atom is -0.466 e. The molecule has 1 fully saturated rings. The zero-order valence-corrected chi connectivity index (χ0v) is 53.9. The molecular formula is C72H133NO10. The first kappa shape index (κ1) is 78.6. The Hall–Kier alpha value is -2.38. The molecule has 0 aromatic rings. The number of ether oxygens (including phenoxy) is 3. The molecule has 7 unspecified atom stereocenters. The van der Waals surface area contributed by atoms with Gasteiger partial charge in [-0.3, -0.25) is 9.59 Å². The van der Waals surface area contributed by atoms with E-state index in [1.54, 1.807) is 6.08 Å². The number of amides is 1. The van der Waals surface area contributed by atoms with Gasteiger partial charge >= 0.3 is 5.97 Å². The van der Waals surface area contributed by atoms with Gasteiger partial charge in [0.05, 0.1) is 32.0 Å². The van der Waals surface area contributed by atoms with Crippen molar-refractivity contribution < 1.29 is 49.3 Å². The van der Waals surface area contributed by atoms with E-state index >= 15 is 0 Å². The van der Waals surface area contributed by atoms with E-state index in [1.165, 1.54) is 244 Å². The number of unbranched alkanes of at least 4 members (excludes halogenated alkanes) is 42. The fraction of sp³-hybridized carbons (Fsp3) is 0.861. The maximum Gasteiger partial charge on any atom is 0.305 e. The predicted molar refractivity (Wildman–Crippen MR) is 347 cm³/mol. The van der Waals surface area contributed by atoms with Crippen molar-refractivity contribution in [2.75, 3.05) is 19.8 Å². The van der Waals surface area contributed by atoms with Gasteiger partial charge in [0.2, 0.25) is 5.91 Å². The average molecular weight is 1170 g/mol. The Morgan fingerprint density at radius 3 is 1.29 bits per heavy atom. The molecule has 0 radical (unpaired) electrons. The number of hydrogen-bond acceptors (Lipinski definition) is 10. The summed E-state index contributed by atoms with van der Waals surface area (Å²) >= 11 is 0. The number of esters is 1. The van der Waals surface area contributed by atoms with Crippen LogP contribution >= 0.6 is 0 Å². The lowest BCUT2D eigenvalue weighted by Crippen LogP contribution is -2.60. The summed E-state index contributed by atoms with van der Waals surface area (Å²) in [6, 6.07) is -0.826. The van der Waals surface area contributed by atoms with Gasteiger partial charge in [0.25, 0.3) is 0 Å². The molecule has 1 saturated heterocycles. The van der Waals surface area contributed by atoms with Crippen LogP contribution in [0.25, 0.3) is 0 Å². The fourth-order valence-electron chi connectivity index (χ4n) is 11.1. The topological polar surface area (TPSA) is 175 Å². The van der Waals surface area contributed by atoms with E-state index in [-0.39, 0.29) is 18.5 Å². The summed E-state index contributed by atoms with van der Waals surface area (Å²) < 4.78 is 16.7. The zero-order chi connectivity index (χ0) is 60.2. The maximum absolute atomic E-state index is 13.0. The van der Waals surface area contributed by atoms with Gasteiger partial charge in [0.15, 0.2) is 6.29 Å². The standard InChI is InChI=1S/C72H133NO10/c1-3-5-7-9-11-13-14-15-33-37-40-44-48-52-56-60-68(77)81-61-57-53-49-45-41-38-35-32-30-28-26-24-22-20-18-16-17-19-21-23-25-27-29-31-34-36-39-43-47-51-55-59-67(76)73-64(65(75)58-54-50-46-42-12-10-8-6-4-2)63-82-72-71(80)70(79)69(78)66(62-74)83-72/h12,18,20,24,26,42,54,58,64-66,69-72,74-75,78-80H,3-11,13-17,19,21-23,25,27-41,43-53,55-57,59-63H2,1-2H3,(H,73,76)/b20-18-,26-24-,42-12+,58-54+. The van der Waals surface area contributed by atoms with Crippen molar-refractivity contribution in [2.24, 2.45) is 0 Å². The van der Waals surface area contributed by atoms with E-state index in [1.807, 2.05) is 6.08 Å². The number of aliphatic hydroxyl groups excluding tert-OH is 5. The number of carbonyl (C=O) groups is 2. The summed E-state index contributed by atoms with van der Waals surface area (Å²) in [5.74, 6) is -0.185. The number of carbonyl (C=O) groups excluding carboxylic acids is 2. The van der Waals surface area contributed by atoms with Crippen molar-refractivity contribution >= 4 is 11.9 Å². The summed E-state index contributed by atoms with van der Waals surface area (Å²) in [4.78, 5) is 25.1. The van der Waals surface area contributed by atoms with Crippen LogP contribution < -0.4 is 5.32 Å². The molecule has 486 valence electrons. The summed E-state index contributed by atoms with van der Waals surface area (Å²) in [6.07, 6.45) is 69.9. The van der Waals surface area contributed by atoms with Crippen LogP contribution in [-0.4, -0.2) is 100 Å². The van der Waals surface area contributed by atoms with Crippen molar-refractivity contribution in [1.29, 1.82) is 0 Å². The lowest BCUT2D eigenvalue weighted by molar-refractivity contribution is -0.302. The minimum absolute atomic E-state index is 0.00793. The van der Waals surface area contributed by atoms with E-state index in [4.69, 9.17) is 14.2 Å². The van der Waals surface area contributed by atoms with Gasteiger partial charge in [-0.2, -0.15) is 0 Å². The smallest absolute Gasteiger partial charge is 0.305 e. The van der Waals surface area contributed by atoms with Crippen molar-refractivity contribution in [2.45, 2.75) is 378 Å². The highest BCUT2D eigenvalue weighted by Crippen LogP contribution is 2.23. The molecular weight excluding hydrogens is 1040 g/mol. The molecule has 83 heavy (non-hydrogen) atoms. The average Bonchev–Trinajstić information content (AvgIpc) is 3.57. The van der Waals surface area contributed by atoms with E-state index in [9.17, 15) is 35.1 Å². The maximum atomic E-state index is 13.0. The first-order chi connectivity index (χ1) is 40.7. The Morgan fingerprint density at radius 1 is 0.446 bits per heavy atom. The number of nitrogens with one attached hydrogen (secondary N) is 1. The molecule has 1 aliphatic heterocycles. The third-order valence-electron chi connectivity index (χ3n) is 16.7. The molecule has 0 aliphatic carbocycles. The monoisotopic (exact) mass is 1170 g/mol. The van der Waals surface area contributed by atoms with Crippen LogP contribution in [0.2, 0.25) is 0 Å². The predicted octanol–water partition coefficient (Wildman–Crippen LogP) is 18.0. The van der Waals surface area contributed by atoms with Gasteiger partial charge < -0.3 is 45.1 Å². The fourth-order valence-corrected chi connectivity index (χ4v) is 11.1. The molecule has 1 amide bonds. The molecule has 0 aromatic carbocycles. The minimum atomic E-state index is -1.58. The molecule has 1 aliphatic rings. The van der Waals surface area contributed by atoms with E-state index in [0.717, 1.165) is 64.2 Å². The van der Waals surface area contributed by atoms with Gasteiger partial charge in [-0.25, -0.2) is 0 Å².